The Morgan fingerprint density at radius 3 is 2.79 bits per heavy atom. The normalized spacial score (nSPS) is 9.95. The monoisotopic (exact) mass is 259 g/mol. The van der Waals surface area contributed by atoms with Gasteiger partial charge in [0.15, 0.2) is 0 Å². The van der Waals surface area contributed by atoms with Gasteiger partial charge in [-0.1, -0.05) is 0 Å². The molecule has 1 aromatic carbocycles. The lowest BCUT2D eigenvalue weighted by Gasteiger charge is -2.16. The van der Waals surface area contributed by atoms with Crippen molar-refractivity contribution in [3.05, 3.63) is 42.7 Å². The number of hydrogen-bond acceptors (Lipinski definition) is 4. The maximum Gasteiger partial charge on any atom is 0.411 e. The molecule has 0 radical (unpaired) electrons. The predicted octanol–water partition coefficient (Wildman–Crippen LogP) is 2.57. The van der Waals surface area contributed by atoms with Crippen LogP contribution in [0.1, 0.15) is 0 Å². The van der Waals surface area contributed by atoms with Crippen molar-refractivity contribution in [1.82, 2.24) is 4.98 Å². The number of nitrogens with zero attached hydrogens (tertiary/aromatic N) is 2. The number of rotatable bonds is 3. The highest BCUT2D eigenvalue weighted by Gasteiger charge is 2.13. The second-order valence-corrected chi connectivity index (χ2v) is 3.85. The van der Waals surface area contributed by atoms with Gasteiger partial charge in [0, 0.05) is 19.3 Å². The standard InChI is InChI=1S/C13H13N3O3/c1-16(13(17)18)12-7-9(4-5-11(12)14)19-10-3-2-6-15-8-10/h2-8H,14H2,1H3,(H,17,18). The van der Waals surface area contributed by atoms with E-state index in [1.807, 2.05) is 0 Å². The Bertz CT molecular complexity index is 587. The van der Waals surface area contributed by atoms with Crippen molar-refractivity contribution in [1.29, 1.82) is 0 Å². The van der Waals surface area contributed by atoms with Crippen molar-refractivity contribution in [3.8, 4) is 11.5 Å². The summed E-state index contributed by atoms with van der Waals surface area (Å²) in [5, 5.41) is 8.96. The van der Waals surface area contributed by atoms with Crippen molar-refractivity contribution in [2.75, 3.05) is 17.7 Å². The molecule has 19 heavy (non-hydrogen) atoms. The van der Waals surface area contributed by atoms with Gasteiger partial charge in [-0.3, -0.25) is 9.88 Å². The third-order valence-corrected chi connectivity index (χ3v) is 2.52. The number of carbonyl (C=O) groups is 1. The van der Waals surface area contributed by atoms with Gasteiger partial charge in [0.05, 0.1) is 17.6 Å². The molecule has 0 unspecified atom stereocenters. The molecular weight excluding hydrogens is 246 g/mol. The first-order valence-corrected chi connectivity index (χ1v) is 5.52. The molecule has 0 aliphatic heterocycles. The largest absolute Gasteiger partial charge is 0.465 e. The molecule has 0 saturated carbocycles. The van der Waals surface area contributed by atoms with Crippen molar-refractivity contribution in [3.63, 3.8) is 0 Å². The van der Waals surface area contributed by atoms with E-state index >= 15 is 0 Å². The molecule has 1 heterocycles. The van der Waals surface area contributed by atoms with Crippen molar-refractivity contribution in [2.45, 2.75) is 0 Å². The van der Waals surface area contributed by atoms with Gasteiger partial charge >= 0.3 is 6.09 Å². The fraction of sp³-hybridized carbons (Fsp3) is 0.0769. The third-order valence-electron chi connectivity index (χ3n) is 2.52. The summed E-state index contributed by atoms with van der Waals surface area (Å²) in [7, 11) is 1.42. The number of aromatic nitrogens is 1. The second-order valence-electron chi connectivity index (χ2n) is 3.85. The van der Waals surface area contributed by atoms with E-state index in [9.17, 15) is 4.79 Å². The Labute approximate surface area is 110 Å². The van der Waals surface area contributed by atoms with Gasteiger partial charge in [0.2, 0.25) is 0 Å². The quantitative estimate of drug-likeness (QED) is 0.827. The van der Waals surface area contributed by atoms with Gasteiger partial charge in [0.1, 0.15) is 11.5 Å². The number of amides is 1. The molecule has 2 aromatic rings. The zero-order valence-corrected chi connectivity index (χ0v) is 10.3. The van der Waals surface area contributed by atoms with Gasteiger partial charge in [-0.2, -0.15) is 0 Å². The Balaban J connectivity index is 2.28. The molecule has 1 amide bonds. The second kappa shape index (κ2) is 5.26. The summed E-state index contributed by atoms with van der Waals surface area (Å²) < 4.78 is 5.57. The van der Waals surface area contributed by atoms with Crippen molar-refractivity contribution >= 4 is 17.5 Å². The van der Waals surface area contributed by atoms with Gasteiger partial charge in [-0.15, -0.1) is 0 Å². The first-order chi connectivity index (χ1) is 9.08. The SMILES string of the molecule is CN(C(=O)O)c1cc(Oc2cccnc2)ccc1N. The number of nitrogen functional groups attached to an aromatic ring is 1. The van der Waals surface area contributed by atoms with Crippen LogP contribution < -0.4 is 15.4 Å². The summed E-state index contributed by atoms with van der Waals surface area (Å²) in [5.74, 6) is 1.06. The van der Waals surface area contributed by atoms with E-state index in [1.54, 1.807) is 42.7 Å². The van der Waals surface area contributed by atoms with Crippen LogP contribution in [0.15, 0.2) is 42.7 Å². The minimum atomic E-state index is -1.09. The fourth-order valence-corrected chi connectivity index (χ4v) is 1.52. The van der Waals surface area contributed by atoms with Crippen LogP contribution in [0.25, 0.3) is 0 Å². The minimum absolute atomic E-state index is 0.364. The summed E-state index contributed by atoms with van der Waals surface area (Å²) >= 11 is 0. The number of ether oxygens (including phenoxy) is 1. The molecule has 2 rings (SSSR count). The molecule has 0 aliphatic rings. The van der Waals surface area contributed by atoms with Crippen molar-refractivity contribution in [2.24, 2.45) is 0 Å². The van der Waals surface area contributed by atoms with Crippen molar-refractivity contribution < 1.29 is 14.6 Å². The van der Waals surface area contributed by atoms with Crippen LogP contribution in [0.2, 0.25) is 0 Å². The van der Waals surface area contributed by atoms with Crippen LogP contribution in [-0.4, -0.2) is 23.2 Å². The summed E-state index contributed by atoms with van der Waals surface area (Å²) in [5.41, 5.74) is 6.48. The van der Waals surface area contributed by atoms with E-state index in [0.717, 1.165) is 4.90 Å². The lowest BCUT2D eigenvalue weighted by molar-refractivity contribution is 0.203. The highest BCUT2D eigenvalue weighted by molar-refractivity contribution is 5.90. The number of anilines is 2. The van der Waals surface area contributed by atoms with Crippen LogP contribution in [0, 0.1) is 0 Å². The molecule has 98 valence electrons. The molecule has 0 spiro atoms. The fourth-order valence-electron chi connectivity index (χ4n) is 1.52. The molecule has 0 fully saturated rings. The molecule has 0 bridgehead atoms. The summed E-state index contributed by atoms with van der Waals surface area (Å²) in [6, 6.07) is 8.33. The molecule has 0 atom stereocenters. The zero-order valence-electron chi connectivity index (χ0n) is 10.3. The first kappa shape index (κ1) is 12.7. The van der Waals surface area contributed by atoms with Crippen LogP contribution >= 0.6 is 0 Å². The molecule has 3 N–H and O–H groups in total. The Morgan fingerprint density at radius 1 is 1.37 bits per heavy atom. The van der Waals surface area contributed by atoms with E-state index in [4.69, 9.17) is 15.6 Å². The van der Waals surface area contributed by atoms with Crippen LogP contribution in [0.5, 0.6) is 11.5 Å². The number of benzene rings is 1. The van der Waals surface area contributed by atoms with Crippen LogP contribution in [0.4, 0.5) is 16.2 Å². The maximum absolute atomic E-state index is 10.9. The highest BCUT2D eigenvalue weighted by Crippen LogP contribution is 2.30. The summed E-state index contributed by atoms with van der Waals surface area (Å²) in [6.45, 7) is 0. The van der Waals surface area contributed by atoms with E-state index < -0.39 is 6.09 Å². The molecule has 1 aromatic heterocycles. The molecule has 6 nitrogen and oxygen atoms in total. The van der Waals surface area contributed by atoms with Crippen LogP contribution in [-0.2, 0) is 0 Å². The van der Waals surface area contributed by atoms with Crippen LogP contribution in [0.3, 0.4) is 0 Å². The first-order valence-electron chi connectivity index (χ1n) is 5.52. The van der Waals surface area contributed by atoms with Gasteiger partial charge in [-0.05, 0) is 24.3 Å². The van der Waals surface area contributed by atoms with E-state index in [-0.39, 0.29) is 0 Å². The van der Waals surface area contributed by atoms with Gasteiger partial charge < -0.3 is 15.6 Å². The maximum atomic E-state index is 10.9. The number of carboxylic acid groups (broad SMARTS) is 1. The van der Waals surface area contributed by atoms with Gasteiger partial charge in [-0.25, -0.2) is 4.79 Å². The predicted molar refractivity (Wildman–Crippen MR) is 71.6 cm³/mol. The average molecular weight is 259 g/mol. The minimum Gasteiger partial charge on any atom is -0.465 e. The molecular formula is C13H13N3O3. The topological polar surface area (TPSA) is 88.7 Å². The Morgan fingerprint density at radius 2 is 2.16 bits per heavy atom. The average Bonchev–Trinajstić information content (AvgIpc) is 2.41. The molecule has 6 heteroatoms. The lowest BCUT2D eigenvalue weighted by atomic mass is 10.2. The summed E-state index contributed by atoms with van der Waals surface area (Å²) in [4.78, 5) is 15.9. The number of hydrogen-bond donors (Lipinski definition) is 2. The molecule has 0 saturated heterocycles. The summed E-state index contributed by atoms with van der Waals surface area (Å²) in [6.07, 6.45) is 2.11. The van der Waals surface area contributed by atoms with E-state index in [0.29, 0.717) is 22.9 Å². The van der Waals surface area contributed by atoms with Gasteiger partial charge in [0.25, 0.3) is 0 Å². The lowest BCUT2D eigenvalue weighted by Crippen LogP contribution is -2.24. The van der Waals surface area contributed by atoms with E-state index in [1.165, 1.54) is 7.05 Å². The molecule has 0 aliphatic carbocycles. The van der Waals surface area contributed by atoms with E-state index in [2.05, 4.69) is 4.98 Å². The third kappa shape index (κ3) is 2.92. The Hall–Kier alpha value is -2.76. The number of nitrogens with two attached hydrogens (primary N) is 1. The highest BCUT2D eigenvalue weighted by atomic mass is 16.5. The number of pyridine rings is 1. The zero-order chi connectivity index (χ0) is 13.8. The Kier molecular flexibility index (Phi) is 3.51. The smallest absolute Gasteiger partial charge is 0.411 e.